The van der Waals surface area contributed by atoms with Crippen molar-refractivity contribution in [1.29, 1.82) is 0 Å². The molecule has 0 saturated heterocycles. The number of ether oxygens (including phenoxy) is 1. The summed E-state index contributed by atoms with van der Waals surface area (Å²) in [5.74, 6) is 0. The number of hydrogen-bond acceptors (Lipinski definition) is 3. The maximum absolute atomic E-state index is 6.04. The summed E-state index contributed by atoms with van der Waals surface area (Å²) < 4.78 is 5.27. The minimum absolute atomic E-state index is 0.0685. The second-order valence-electron chi connectivity index (χ2n) is 3.94. The summed E-state index contributed by atoms with van der Waals surface area (Å²) >= 11 is 0. The van der Waals surface area contributed by atoms with E-state index in [0.717, 1.165) is 32.7 Å². The lowest BCUT2D eigenvalue weighted by Crippen LogP contribution is -2.46. The van der Waals surface area contributed by atoms with Gasteiger partial charge in [0.15, 0.2) is 0 Å². The molecular formula is C10H24N2O. The van der Waals surface area contributed by atoms with Gasteiger partial charge in [0.05, 0.1) is 6.61 Å². The quantitative estimate of drug-likeness (QED) is 0.608. The van der Waals surface area contributed by atoms with Crippen molar-refractivity contribution in [2.45, 2.75) is 32.7 Å². The molecule has 1 atom stereocenters. The van der Waals surface area contributed by atoms with E-state index in [2.05, 4.69) is 25.8 Å². The standard InChI is InChI=1S/C10H24N2O/c1-5-10(3,11)9-12(4)7-8-13-6-2/h5-9,11H2,1-4H3. The lowest BCUT2D eigenvalue weighted by molar-refractivity contribution is 0.114. The van der Waals surface area contributed by atoms with Gasteiger partial charge in [-0.15, -0.1) is 0 Å². The Labute approximate surface area is 82.2 Å². The van der Waals surface area contributed by atoms with Gasteiger partial charge in [0.25, 0.3) is 0 Å². The third-order valence-corrected chi connectivity index (χ3v) is 2.26. The van der Waals surface area contributed by atoms with Crippen LogP contribution in [-0.2, 0) is 4.74 Å². The zero-order valence-corrected chi connectivity index (χ0v) is 9.47. The first kappa shape index (κ1) is 12.9. The number of nitrogens with zero attached hydrogens (tertiary/aromatic N) is 1. The van der Waals surface area contributed by atoms with Crippen LogP contribution in [0.2, 0.25) is 0 Å². The van der Waals surface area contributed by atoms with Crippen molar-refractivity contribution in [2.24, 2.45) is 5.73 Å². The molecule has 0 aliphatic rings. The second-order valence-corrected chi connectivity index (χ2v) is 3.94. The molecule has 0 aromatic heterocycles. The summed E-state index contributed by atoms with van der Waals surface area (Å²) in [4.78, 5) is 2.22. The molecule has 0 aliphatic carbocycles. The van der Waals surface area contributed by atoms with Crippen LogP contribution >= 0.6 is 0 Å². The van der Waals surface area contributed by atoms with Crippen molar-refractivity contribution in [3.8, 4) is 0 Å². The number of hydrogen-bond donors (Lipinski definition) is 1. The van der Waals surface area contributed by atoms with Crippen LogP contribution in [0.4, 0.5) is 0 Å². The van der Waals surface area contributed by atoms with Crippen LogP contribution in [0.3, 0.4) is 0 Å². The fourth-order valence-corrected chi connectivity index (χ4v) is 1.17. The van der Waals surface area contributed by atoms with Gasteiger partial charge in [-0.05, 0) is 27.3 Å². The van der Waals surface area contributed by atoms with Crippen molar-refractivity contribution in [3.63, 3.8) is 0 Å². The fraction of sp³-hybridized carbons (Fsp3) is 1.00. The van der Waals surface area contributed by atoms with Crippen LogP contribution in [0.5, 0.6) is 0 Å². The van der Waals surface area contributed by atoms with Crippen LogP contribution in [0, 0.1) is 0 Å². The monoisotopic (exact) mass is 188 g/mol. The number of nitrogens with two attached hydrogens (primary N) is 1. The summed E-state index contributed by atoms with van der Waals surface area (Å²) in [5, 5.41) is 0. The van der Waals surface area contributed by atoms with E-state index < -0.39 is 0 Å². The van der Waals surface area contributed by atoms with E-state index in [1.54, 1.807) is 0 Å². The Bertz CT molecular complexity index is 126. The Morgan fingerprint density at radius 1 is 1.38 bits per heavy atom. The normalized spacial score (nSPS) is 16.2. The predicted molar refractivity (Wildman–Crippen MR) is 56.9 cm³/mol. The Balaban J connectivity index is 3.55. The molecule has 0 aromatic carbocycles. The molecule has 1 unspecified atom stereocenters. The highest BCUT2D eigenvalue weighted by atomic mass is 16.5. The van der Waals surface area contributed by atoms with E-state index in [1.807, 2.05) is 6.92 Å². The van der Waals surface area contributed by atoms with Gasteiger partial charge in [-0.25, -0.2) is 0 Å². The largest absolute Gasteiger partial charge is 0.380 e. The van der Waals surface area contributed by atoms with Crippen molar-refractivity contribution in [3.05, 3.63) is 0 Å². The molecule has 0 spiro atoms. The van der Waals surface area contributed by atoms with Gasteiger partial charge in [0.2, 0.25) is 0 Å². The Morgan fingerprint density at radius 3 is 2.46 bits per heavy atom. The van der Waals surface area contributed by atoms with E-state index in [1.165, 1.54) is 0 Å². The summed E-state index contributed by atoms with van der Waals surface area (Å²) in [7, 11) is 2.08. The summed E-state index contributed by atoms with van der Waals surface area (Å²) in [6.45, 7) is 9.70. The van der Waals surface area contributed by atoms with Gasteiger partial charge in [-0.3, -0.25) is 0 Å². The molecule has 2 N–H and O–H groups in total. The lowest BCUT2D eigenvalue weighted by atomic mass is 10.0. The molecule has 0 saturated carbocycles. The SMILES string of the molecule is CCOCCN(C)CC(C)(N)CC. The molecule has 0 radical (unpaired) electrons. The fourth-order valence-electron chi connectivity index (χ4n) is 1.17. The highest BCUT2D eigenvalue weighted by Gasteiger charge is 2.17. The number of rotatable bonds is 7. The van der Waals surface area contributed by atoms with Crippen LogP contribution in [0.1, 0.15) is 27.2 Å². The van der Waals surface area contributed by atoms with Gasteiger partial charge in [-0.1, -0.05) is 6.92 Å². The van der Waals surface area contributed by atoms with Gasteiger partial charge in [0.1, 0.15) is 0 Å². The van der Waals surface area contributed by atoms with E-state index in [4.69, 9.17) is 10.5 Å². The predicted octanol–water partition coefficient (Wildman–Crippen LogP) is 1.08. The molecule has 0 aromatic rings. The highest BCUT2D eigenvalue weighted by molar-refractivity contribution is 4.79. The molecule has 0 fully saturated rings. The molecule has 80 valence electrons. The molecule has 0 bridgehead atoms. The van der Waals surface area contributed by atoms with Gasteiger partial charge < -0.3 is 15.4 Å². The number of likely N-dealkylation sites (N-methyl/N-ethyl adjacent to an activating group) is 1. The minimum Gasteiger partial charge on any atom is -0.380 e. The van der Waals surface area contributed by atoms with E-state index in [0.29, 0.717) is 0 Å². The third kappa shape index (κ3) is 6.99. The van der Waals surface area contributed by atoms with E-state index in [-0.39, 0.29) is 5.54 Å². The molecule has 3 nitrogen and oxygen atoms in total. The van der Waals surface area contributed by atoms with Gasteiger partial charge in [-0.2, -0.15) is 0 Å². The van der Waals surface area contributed by atoms with Gasteiger partial charge >= 0.3 is 0 Å². The summed E-state index contributed by atoms with van der Waals surface area (Å²) in [5.41, 5.74) is 5.97. The Kier molecular flexibility index (Phi) is 6.29. The maximum Gasteiger partial charge on any atom is 0.0593 e. The third-order valence-electron chi connectivity index (χ3n) is 2.26. The molecule has 0 amide bonds. The minimum atomic E-state index is -0.0685. The second kappa shape index (κ2) is 6.35. The highest BCUT2D eigenvalue weighted by Crippen LogP contribution is 2.05. The first-order chi connectivity index (χ1) is 6.02. The topological polar surface area (TPSA) is 38.5 Å². The van der Waals surface area contributed by atoms with Crippen LogP contribution in [0.15, 0.2) is 0 Å². The van der Waals surface area contributed by atoms with E-state index >= 15 is 0 Å². The van der Waals surface area contributed by atoms with Crippen LogP contribution in [-0.4, -0.2) is 43.8 Å². The van der Waals surface area contributed by atoms with Crippen molar-refractivity contribution >= 4 is 0 Å². The smallest absolute Gasteiger partial charge is 0.0593 e. The molecule has 0 aliphatic heterocycles. The first-order valence-corrected chi connectivity index (χ1v) is 5.07. The van der Waals surface area contributed by atoms with Crippen molar-refractivity contribution < 1.29 is 4.74 Å². The zero-order chi connectivity index (χ0) is 10.3. The van der Waals surface area contributed by atoms with Crippen LogP contribution < -0.4 is 5.73 Å². The van der Waals surface area contributed by atoms with Crippen molar-refractivity contribution in [2.75, 3.05) is 33.4 Å². The molecule has 3 heteroatoms. The molecular weight excluding hydrogens is 164 g/mol. The lowest BCUT2D eigenvalue weighted by Gasteiger charge is -2.28. The van der Waals surface area contributed by atoms with Crippen LogP contribution in [0.25, 0.3) is 0 Å². The first-order valence-electron chi connectivity index (χ1n) is 5.07. The molecule has 0 heterocycles. The zero-order valence-electron chi connectivity index (χ0n) is 9.47. The average Bonchev–Trinajstić information content (AvgIpc) is 2.04. The van der Waals surface area contributed by atoms with E-state index in [9.17, 15) is 0 Å². The van der Waals surface area contributed by atoms with Gasteiger partial charge in [0, 0.05) is 25.2 Å². The summed E-state index contributed by atoms with van der Waals surface area (Å²) in [6, 6.07) is 0. The van der Waals surface area contributed by atoms with Crippen molar-refractivity contribution in [1.82, 2.24) is 4.90 Å². The molecule has 13 heavy (non-hydrogen) atoms. The summed E-state index contributed by atoms with van der Waals surface area (Å²) in [6.07, 6.45) is 1.01. The Morgan fingerprint density at radius 2 is 2.00 bits per heavy atom. The maximum atomic E-state index is 6.04. The molecule has 0 rings (SSSR count). The average molecular weight is 188 g/mol. The Hall–Kier alpha value is -0.120.